The molecular formula is C11H22N2O5. The third-order valence-corrected chi connectivity index (χ3v) is 2.52. The van der Waals surface area contributed by atoms with Crippen LogP contribution in [-0.4, -0.2) is 76.9 Å². The molecule has 1 rings (SSSR count). The normalized spacial score (nSPS) is 19.3. The second-order valence-electron chi connectivity index (χ2n) is 3.91. The summed E-state index contributed by atoms with van der Waals surface area (Å²) in [5, 5.41) is 0. The Labute approximate surface area is 107 Å². The van der Waals surface area contributed by atoms with E-state index in [2.05, 4.69) is 0 Å². The van der Waals surface area contributed by atoms with Crippen LogP contribution in [0.2, 0.25) is 0 Å². The quantitative estimate of drug-likeness (QED) is 0.532. The van der Waals surface area contributed by atoms with Gasteiger partial charge < -0.3 is 29.6 Å². The van der Waals surface area contributed by atoms with Crippen LogP contribution in [0.5, 0.6) is 0 Å². The Hall–Kier alpha value is -0.890. The Morgan fingerprint density at radius 2 is 1.94 bits per heavy atom. The van der Waals surface area contributed by atoms with Crippen molar-refractivity contribution in [2.45, 2.75) is 6.10 Å². The number of hydrogen-bond donors (Lipinski definition) is 1. The van der Waals surface area contributed by atoms with E-state index in [0.29, 0.717) is 52.7 Å². The van der Waals surface area contributed by atoms with Gasteiger partial charge in [-0.3, -0.25) is 0 Å². The maximum Gasteiger partial charge on any atom is 0.410 e. The van der Waals surface area contributed by atoms with Crippen LogP contribution >= 0.6 is 0 Å². The van der Waals surface area contributed by atoms with Crippen molar-refractivity contribution in [3.05, 3.63) is 0 Å². The highest BCUT2D eigenvalue weighted by atomic mass is 16.6. The molecule has 1 amide bonds. The van der Waals surface area contributed by atoms with Crippen LogP contribution < -0.4 is 5.73 Å². The fourth-order valence-electron chi connectivity index (χ4n) is 1.52. The lowest BCUT2D eigenvalue weighted by molar-refractivity contribution is 0.0218. The summed E-state index contributed by atoms with van der Waals surface area (Å²) in [7, 11) is 1.63. The molecule has 7 nitrogen and oxygen atoms in total. The molecule has 1 fully saturated rings. The van der Waals surface area contributed by atoms with Gasteiger partial charge in [0.2, 0.25) is 0 Å². The van der Waals surface area contributed by atoms with Crippen molar-refractivity contribution in [1.29, 1.82) is 0 Å². The number of methoxy groups -OCH3 is 1. The molecule has 7 heteroatoms. The summed E-state index contributed by atoms with van der Waals surface area (Å²) in [6, 6.07) is 0. The van der Waals surface area contributed by atoms with Gasteiger partial charge in [-0.15, -0.1) is 0 Å². The Morgan fingerprint density at radius 1 is 1.28 bits per heavy atom. The van der Waals surface area contributed by atoms with Crippen LogP contribution in [0.25, 0.3) is 0 Å². The third kappa shape index (κ3) is 5.63. The molecule has 18 heavy (non-hydrogen) atoms. The zero-order valence-corrected chi connectivity index (χ0v) is 10.8. The van der Waals surface area contributed by atoms with Crippen LogP contribution in [0.1, 0.15) is 0 Å². The lowest BCUT2D eigenvalue weighted by atomic mass is 10.3. The Bertz CT molecular complexity index is 239. The number of carbonyl (C=O) groups excluding carboxylic acids is 1. The SMILES string of the molecule is COCCOCCOCCN1CC(CN)OC1=O. The third-order valence-electron chi connectivity index (χ3n) is 2.52. The fourth-order valence-corrected chi connectivity index (χ4v) is 1.52. The molecule has 0 aromatic carbocycles. The first kappa shape index (κ1) is 15.2. The van der Waals surface area contributed by atoms with E-state index in [9.17, 15) is 4.79 Å². The summed E-state index contributed by atoms with van der Waals surface area (Å²) in [5.41, 5.74) is 5.43. The number of amides is 1. The monoisotopic (exact) mass is 262 g/mol. The average molecular weight is 262 g/mol. The first-order chi connectivity index (χ1) is 8.77. The molecule has 0 bridgehead atoms. The fraction of sp³-hybridized carbons (Fsp3) is 0.909. The molecule has 1 atom stereocenters. The summed E-state index contributed by atoms with van der Waals surface area (Å²) < 4.78 is 20.4. The van der Waals surface area contributed by atoms with Crippen molar-refractivity contribution in [2.75, 3.05) is 59.8 Å². The smallest absolute Gasteiger partial charge is 0.410 e. The van der Waals surface area contributed by atoms with Crippen LogP contribution in [0.15, 0.2) is 0 Å². The Balaban J connectivity index is 1.93. The summed E-state index contributed by atoms with van der Waals surface area (Å²) in [4.78, 5) is 12.9. The van der Waals surface area contributed by atoms with Crippen molar-refractivity contribution in [2.24, 2.45) is 5.73 Å². The van der Waals surface area contributed by atoms with E-state index in [-0.39, 0.29) is 12.2 Å². The van der Waals surface area contributed by atoms with E-state index in [1.165, 1.54) is 0 Å². The number of hydrogen-bond acceptors (Lipinski definition) is 6. The Kier molecular flexibility index (Phi) is 7.66. The molecule has 0 aromatic heterocycles. The van der Waals surface area contributed by atoms with Crippen LogP contribution in [0.4, 0.5) is 4.79 Å². The van der Waals surface area contributed by atoms with Crippen molar-refractivity contribution in [3.63, 3.8) is 0 Å². The Morgan fingerprint density at radius 3 is 2.56 bits per heavy atom. The van der Waals surface area contributed by atoms with E-state index in [0.717, 1.165) is 0 Å². The summed E-state index contributed by atoms with van der Waals surface area (Å²) in [6.07, 6.45) is -0.500. The average Bonchev–Trinajstić information content (AvgIpc) is 2.73. The van der Waals surface area contributed by atoms with Crippen LogP contribution in [0.3, 0.4) is 0 Å². The number of nitrogens with two attached hydrogens (primary N) is 1. The van der Waals surface area contributed by atoms with Crippen molar-refractivity contribution >= 4 is 6.09 Å². The topological polar surface area (TPSA) is 83.2 Å². The predicted octanol–water partition coefficient (Wildman–Crippen LogP) is -0.554. The maximum absolute atomic E-state index is 11.3. The lowest BCUT2D eigenvalue weighted by Gasteiger charge is -2.12. The highest BCUT2D eigenvalue weighted by Gasteiger charge is 2.29. The zero-order valence-electron chi connectivity index (χ0n) is 10.8. The molecule has 0 radical (unpaired) electrons. The minimum absolute atomic E-state index is 0.185. The number of rotatable bonds is 10. The van der Waals surface area contributed by atoms with E-state index >= 15 is 0 Å². The second-order valence-corrected chi connectivity index (χ2v) is 3.91. The van der Waals surface area contributed by atoms with E-state index in [4.69, 9.17) is 24.7 Å². The molecule has 1 aliphatic rings. The minimum atomic E-state index is -0.314. The molecule has 1 unspecified atom stereocenters. The van der Waals surface area contributed by atoms with Crippen molar-refractivity contribution in [3.8, 4) is 0 Å². The highest BCUT2D eigenvalue weighted by molar-refractivity contribution is 5.69. The summed E-state index contributed by atoms with van der Waals surface area (Å²) >= 11 is 0. The van der Waals surface area contributed by atoms with Crippen molar-refractivity contribution < 1.29 is 23.7 Å². The molecule has 2 N–H and O–H groups in total. The van der Waals surface area contributed by atoms with Gasteiger partial charge in [0.25, 0.3) is 0 Å². The van der Waals surface area contributed by atoms with Gasteiger partial charge in [-0.25, -0.2) is 4.79 Å². The van der Waals surface area contributed by atoms with Crippen LogP contribution in [0, 0.1) is 0 Å². The number of cyclic esters (lactones) is 1. The van der Waals surface area contributed by atoms with Gasteiger partial charge in [0.15, 0.2) is 0 Å². The molecule has 1 saturated heterocycles. The van der Waals surface area contributed by atoms with Gasteiger partial charge >= 0.3 is 6.09 Å². The zero-order chi connectivity index (χ0) is 13.2. The molecule has 1 aliphatic heterocycles. The molecule has 1 heterocycles. The van der Waals surface area contributed by atoms with Crippen LogP contribution in [-0.2, 0) is 18.9 Å². The molecule has 0 spiro atoms. The van der Waals surface area contributed by atoms with Gasteiger partial charge in [0.1, 0.15) is 6.10 Å². The molecule has 0 aromatic rings. The summed E-state index contributed by atoms with van der Waals surface area (Å²) in [6.45, 7) is 4.08. The molecule has 0 saturated carbocycles. The van der Waals surface area contributed by atoms with Gasteiger partial charge in [-0.1, -0.05) is 0 Å². The second kappa shape index (κ2) is 9.09. The first-order valence-electron chi connectivity index (χ1n) is 6.08. The highest BCUT2D eigenvalue weighted by Crippen LogP contribution is 2.09. The van der Waals surface area contributed by atoms with Gasteiger partial charge in [-0.05, 0) is 0 Å². The van der Waals surface area contributed by atoms with E-state index < -0.39 is 0 Å². The number of carbonyl (C=O) groups is 1. The number of ether oxygens (including phenoxy) is 4. The van der Waals surface area contributed by atoms with Gasteiger partial charge in [0.05, 0.1) is 39.6 Å². The largest absolute Gasteiger partial charge is 0.443 e. The molecule has 106 valence electrons. The van der Waals surface area contributed by atoms with Crippen molar-refractivity contribution in [1.82, 2.24) is 4.90 Å². The standard InChI is InChI=1S/C11H22N2O5/c1-15-4-5-17-7-6-16-3-2-13-9-10(8-12)18-11(13)14/h10H,2-9,12H2,1H3. The molecule has 0 aliphatic carbocycles. The lowest BCUT2D eigenvalue weighted by Crippen LogP contribution is -2.30. The predicted molar refractivity (Wildman–Crippen MR) is 64.4 cm³/mol. The van der Waals surface area contributed by atoms with E-state index in [1.807, 2.05) is 0 Å². The maximum atomic E-state index is 11.3. The molecular weight excluding hydrogens is 240 g/mol. The summed E-state index contributed by atoms with van der Waals surface area (Å²) in [5.74, 6) is 0. The first-order valence-corrected chi connectivity index (χ1v) is 6.08. The van der Waals surface area contributed by atoms with Gasteiger partial charge in [-0.2, -0.15) is 0 Å². The van der Waals surface area contributed by atoms with Gasteiger partial charge in [0, 0.05) is 20.2 Å². The minimum Gasteiger partial charge on any atom is -0.443 e. The number of nitrogens with zero attached hydrogens (tertiary/aromatic N) is 1. The van der Waals surface area contributed by atoms with E-state index in [1.54, 1.807) is 12.0 Å².